The summed E-state index contributed by atoms with van der Waals surface area (Å²) in [5.74, 6) is -0.304. The molecule has 0 aliphatic carbocycles. The third-order valence-electron chi connectivity index (χ3n) is 1.64. The second-order valence-electron chi connectivity index (χ2n) is 3.08. The molecule has 0 unspecified atom stereocenters. The summed E-state index contributed by atoms with van der Waals surface area (Å²) >= 11 is 3.09. The van der Waals surface area contributed by atoms with Crippen LogP contribution in [0, 0.1) is 0 Å². The molecule has 0 aliphatic rings. The third-order valence-corrected chi connectivity index (χ3v) is 1.92. The maximum atomic E-state index is 11.3. The van der Waals surface area contributed by atoms with Gasteiger partial charge >= 0.3 is 5.69 Å². The number of carbonyl (C=O) groups excluding carboxylic acids is 1. The van der Waals surface area contributed by atoms with Crippen molar-refractivity contribution in [2.24, 2.45) is 0 Å². The van der Waals surface area contributed by atoms with Crippen LogP contribution in [0.1, 0.15) is 5.69 Å². The van der Waals surface area contributed by atoms with Gasteiger partial charge in [0.05, 0.1) is 6.42 Å². The second-order valence-corrected chi connectivity index (χ2v) is 4.21. The van der Waals surface area contributed by atoms with Crippen LogP contribution in [0.4, 0.5) is 0 Å². The van der Waals surface area contributed by atoms with Crippen LogP contribution in [0.2, 0.25) is 0 Å². The molecule has 0 aliphatic heterocycles. The molecule has 3 N–H and O–H groups in total. The monoisotopic (exact) mass is 287 g/mol. The third kappa shape index (κ3) is 4.26. The molecule has 0 saturated heterocycles. The molecule has 0 atom stereocenters. The van der Waals surface area contributed by atoms with E-state index in [1.54, 1.807) is 0 Å². The van der Waals surface area contributed by atoms with E-state index in [2.05, 4.69) is 32.8 Å². The first-order valence-corrected chi connectivity index (χ1v) is 5.19. The number of halogens is 1. The number of amides is 1. The molecule has 0 spiro atoms. The minimum absolute atomic E-state index is 0.0561. The normalized spacial score (nSPS) is 9.81. The maximum Gasteiger partial charge on any atom is 0.325 e. The first kappa shape index (κ1) is 12.4. The first-order chi connectivity index (χ1) is 7.47. The molecule has 1 aromatic heterocycles. The van der Waals surface area contributed by atoms with Gasteiger partial charge in [0, 0.05) is 22.8 Å². The predicted octanol–water partition coefficient (Wildman–Crippen LogP) is -0.370. The fourth-order valence-corrected chi connectivity index (χ4v) is 1.18. The van der Waals surface area contributed by atoms with Crippen LogP contribution in [-0.2, 0) is 11.2 Å². The average molecular weight is 288 g/mol. The molecule has 86 valence electrons. The van der Waals surface area contributed by atoms with E-state index in [0.29, 0.717) is 11.0 Å². The molecule has 1 amide bonds. The number of nitrogens with one attached hydrogen (secondary N) is 3. The van der Waals surface area contributed by atoms with E-state index < -0.39 is 11.2 Å². The van der Waals surface area contributed by atoms with Gasteiger partial charge in [0.15, 0.2) is 0 Å². The highest BCUT2D eigenvalue weighted by Crippen LogP contribution is 1.97. The predicted molar refractivity (Wildman–Crippen MR) is 62.5 cm³/mol. The van der Waals surface area contributed by atoms with Gasteiger partial charge in [-0.2, -0.15) is 0 Å². The number of carbonyl (C=O) groups is 1. The highest BCUT2D eigenvalue weighted by atomic mass is 79.9. The molecule has 0 saturated carbocycles. The summed E-state index contributed by atoms with van der Waals surface area (Å²) in [7, 11) is 0. The van der Waals surface area contributed by atoms with Crippen LogP contribution in [0.3, 0.4) is 0 Å². The van der Waals surface area contributed by atoms with Gasteiger partial charge in [-0.15, -0.1) is 0 Å². The molecule has 0 fully saturated rings. The van der Waals surface area contributed by atoms with Gasteiger partial charge in [-0.25, -0.2) is 4.79 Å². The van der Waals surface area contributed by atoms with E-state index in [1.807, 2.05) is 4.98 Å². The standard InChI is InChI=1S/C9H10BrN3O3/c1-5(10)4-11-7(14)2-6-3-8(15)13-9(16)12-6/h3H,1-2,4H2,(H,11,14)(H2,12,13,15,16). The molecule has 6 nitrogen and oxygen atoms in total. The zero-order chi connectivity index (χ0) is 12.1. The number of rotatable bonds is 4. The Labute approximate surface area is 98.9 Å². The Morgan fingerprint density at radius 2 is 2.12 bits per heavy atom. The van der Waals surface area contributed by atoms with Gasteiger partial charge in [-0.3, -0.25) is 14.6 Å². The van der Waals surface area contributed by atoms with Crippen LogP contribution in [-0.4, -0.2) is 22.4 Å². The first-order valence-electron chi connectivity index (χ1n) is 4.40. The van der Waals surface area contributed by atoms with E-state index in [0.717, 1.165) is 0 Å². The Balaban J connectivity index is 2.66. The molecule has 1 rings (SSSR count). The lowest BCUT2D eigenvalue weighted by atomic mass is 10.3. The molecule has 0 aromatic carbocycles. The van der Waals surface area contributed by atoms with Gasteiger partial charge in [-0.1, -0.05) is 22.5 Å². The number of aromatic nitrogens is 2. The van der Waals surface area contributed by atoms with E-state index in [4.69, 9.17) is 0 Å². The van der Waals surface area contributed by atoms with Gasteiger partial charge in [0.1, 0.15) is 0 Å². The molecule has 7 heteroatoms. The number of hydrogen-bond donors (Lipinski definition) is 3. The van der Waals surface area contributed by atoms with Crippen molar-refractivity contribution in [1.82, 2.24) is 15.3 Å². The molecular formula is C9H10BrN3O3. The van der Waals surface area contributed by atoms with E-state index >= 15 is 0 Å². The van der Waals surface area contributed by atoms with Gasteiger partial charge in [-0.05, 0) is 0 Å². The Hall–Kier alpha value is -1.63. The van der Waals surface area contributed by atoms with Crippen LogP contribution in [0.25, 0.3) is 0 Å². The van der Waals surface area contributed by atoms with Crippen molar-refractivity contribution >= 4 is 21.8 Å². The quantitative estimate of drug-likeness (QED) is 0.705. The van der Waals surface area contributed by atoms with Crippen molar-refractivity contribution in [3.05, 3.63) is 43.7 Å². The van der Waals surface area contributed by atoms with Crippen molar-refractivity contribution in [2.75, 3.05) is 6.54 Å². The molecular weight excluding hydrogens is 278 g/mol. The Morgan fingerprint density at radius 1 is 1.44 bits per heavy atom. The Bertz CT molecular complexity index is 489. The lowest BCUT2D eigenvalue weighted by molar-refractivity contribution is -0.120. The van der Waals surface area contributed by atoms with Crippen LogP contribution < -0.4 is 16.6 Å². The molecule has 1 aromatic rings. The Kier molecular flexibility index (Phi) is 4.24. The summed E-state index contributed by atoms with van der Waals surface area (Å²) in [6, 6.07) is 1.17. The number of aromatic amines is 2. The van der Waals surface area contributed by atoms with Crippen LogP contribution >= 0.6 is 15.9 Å². The number of hydrogen-bond acceptors (Lipinski definition) is 3. The smallest absolute Gasteiger partial charge is 0.325 e. The van der Waals surface area contributed by atoms with Gasteiger partial charge in [0.2, 0.25) is 5.91 Å². The topological polar surface area (TPSA) is 94.8 Å². The molecule has 0 radical (unpaired) electrons. The van der Waals surface area contributed by atoms with Crippen LogP contribution in [0.15, 0.2) is 26.7 Å². The number of H-pyrrole nitrogens is 2. The van der Waals surface area contributed by atoms with Crippen molar-refractivity contribution in [2.45, 2.75) is 6.42 Å². The Morgan fingerprint density at radius 3 is 2.69 bits per heavy atom. The highest BCUT2D eigenvalue weighted by molar-refractivity contribution is 9.11. The average Bonchev–Trinajstić information content (AvgIpc) is 2.12. The minimum atomic E-state index is -0.625. The van der Waals surface area contributed by atoms with Crippen molar-refractivity contribution in [3.8, 4) is 0 Å². The summed E-state index contributed by atoms with van der Waals surface area (Å²) in [5, 5.41) is 2.55. The molecule has 1 heterocycles. The summed E-state index contributed by atoms with van der Waals surface area (Å²) in [5.41, 5.74) is -0.886. The van der Waals surface area contributed by atoms with Gasteiger partial charge in [0.25, 0.3) is 5.56 Å². The van der Waals surface area contributed by atoms with E-state index in [1.165, 1.54) is 6.07 Å². The lowest BCUT2D eigenvalue weighted by Gasteiger charge is -2.03. The summed E-state index contributed by atoms with van der Waals surface area (Å²) in [4.78, 5) is 37.5. The fourth-order valence-electron chi connectivity index (χ4n) is 1.04. The largest absolute Gasteiger partial charge is 0.351 e. The zero-order valence-corrected chi connectivity index (χ0v) is 9.89. The second kappa shape index (κ2) is 5.45. The lowest BCUT2D eigenvalue weighted by Crippen LogP contribution is -2.29. The SMILES string of the molecule is C=C(Br)CNC(=O)Cc1cc(=O)[nH]c(=O)[nH]1. The minimum Gasteiger partial charge on any atom is -0.351 e. The van der Waals surface area contributed by atoms with Crippen molar-refractivity contribution in [3.63, 3.8) is 0 Å². The van der Waals surface area contributed by atoms with E-state index in [-0.39, 0.29) is 18.0 Å². The summed E-state index contributed by atoms with van der Waals surface area (Å²) < 4.78 is 0.639. The van der Waals surface area contributed by atoms with Crippen molar-refractivity contribution < 1.29 is 4.79 Å². The summed E-state index contributed by atoms with van der Waals surface area (Å²) in [6.07, 6.45) is -0.0561. The fraction of sp³-hybridized carbons (Fsp3) is 0.222. The summed E-state index contributed by atoms with van der Waals surface area (Å²) in [6.45, 7) is 3.85. The highest BCUT2D eigenvalue weighted by Gasteiger charge is 2.04. The van der Waals surface area contributed by atoms with Crippen molar-refractivity contribution in [1.29, 1.82) is 0 Å². The van der Waals surface area contributed by atoms with E-state index in [9.17, 15) is 14.4 Å². The molecule has 16 heavy (non-hydrogen) atoms. The molecule has 0 bridgehead atoms. The zero-order valence-electron chi connectivity index (χ0n) is 8.30. The van der Waals surface area contributed by atoms with Gasteiger partial charge < -0.3 is 10.3 Å². The van der Waals surface area contributed by atoms with Crippen LogP contribution in [0.5, 0.6) is 0 Å². The maximum absolute atomic E-state index is 11.3.